The zero-order valence-electron chi connectivity index (χ0n) is 44.0. The van der Waals surface area contributed by atoms with Gasteiger partial charge < -0.3 is 89.0 Å². The van der Waals surface area contributed by atoms with Gasteiger partial charge in [0, 0.05) is 12.8 Å². The molecule has 0 aromatic carbocycles. The minimum atomic E-state index is -4.83. The molecule has 3 saturated carbocycles. The average Bonchev–Trinajstić information content (AvgIpc) is 3.70. The molecule has 0 aromatic rings. The van der Waals surface area contributed by atoms with Gasteiger partial charge >= 0.3 is 10.4 Å². The maximum absolute atomic E-state index is 13.1. The summed E-state index contributed by atoms with van der Waals surface area (Å²) in [4.78, 5) is 13.1. The van der Waals surface area contributed by atoms with Gasteiger partial charge in [0.15, 0.2) is 25.2 Å². The van der Waals surface area contributed by atoms with Crippen LogP contribution in [0.1, 0.15) is 113 Å². The minimum Gasteiger partial charge on any atom is -0.394 e. The van der Waals surface area contributed by atoms with Crippen molar-refractivity contribution in [1.29, 1.82) is 0 Å². The number of ketones is 1. The summed E-state index contributed by atoms with van der Waals surface area (Å²) in [5, 5.41) is 110. The van der Waals surface area contributed by atoms with Crippen molar-refractivity contribution in [2.75, 3.05) is 6.61 Å². The fourth-order valence-electron chi connectivity index (χ4n) is 14.6. The van der Waals surface area contributed by atoms with Crippen molar-refractivity contribution in [2.45, 2.75) is 248 Å². The standard InChI is InChI=1S/C51H84O23S/c1-20(2)15-25(53)16-21(3)28-9-10-29-27-18-32(31-17-26(74-75(63,64)65)11-13-51(31,8)30(27)12-14-50(28,29)7)69-48-41(61)38(58)44(33(19-52)70-48)72-49-45(73-47-40(60)37(57)35(55)23(5)67-47)42(62)43(24(6)68-49)71-46-39(59)36(56)34(54)22(4)66-46/h12,20-24,26-29,31-49,52,54-62H,9-11,13-19H2,1-8H3,(H,63,64,65)/t21-,22-,23-,24-,26+,27+,28-,29+,31-,32+,33-,34+,35-,36+,37+,38-,39-,40-,41-,42+,43-,44-,45-,46+,47+,48-,49+,50-,51-/m1/s1. The molecule has 75 heavy (non-hydrogen) atoms. The normalized spacial score (nSPS) is 50.9. The third-order valence-corrected chi connectivity index (χ3v) is 19.1. The molecule has 0 unspecified atom stereocenters. The molecule has 432 valence electrons. The highest BCUT2D eigenvalue weighted by molar-refractivity contribution is 7.80. The van der Waals surface area contributed by atoms with Crippen LogP contribution in [0.2, 0.25) is 0 Å². The first-order valence-corrected chi connectivity index (χ1v) is 28.3. The molecule has 23 nitrogen and oxygen atoms in total. The number of rotatable bonds is 16. The highest BCUT2D eigenvalue weighted by atomic mass is 32.3. The number of allylic oxidation sites excluding steroid dienone is 2. The number of aliphatic hydroxyl groups excluding tert-OH is 10. The highest BCUT2D eigenvalue weighted by Gasteiger charge is 2.62. The lowest BCUT2D eigenvalue weighted by atomic mass is 9.47. The smallest absolute Gasteiger partial charge is 0.394 e. The van der Waals surface area contributed by atoms with Gasteiger partial charge in [-0.05, 0) is 112 Å². The predicted molar refractivity (Wildman–Crippen MR) is 258 cm³/mol. The minimum absolute atomic E-state index is 0.0124. The number of hydrogen-bond donors (Lipinski definition) is 11. The fourth-order valence-corrected chi connectivity index (χ4v) is 15.1. The first kappa shape index (κ1) is 59.7. The van der Waals surface area contributed by atoms with E-state index in [9.17, 15) is 68.8 Å². The number of aliphatic hydroxyl groups is 10. The van der Waals surface area contributed by atoms with Gasteiger partial charge in [0.2, 0.25) is 0 Å². The Labute approximate surface area is 438 Å². The van der Waals surface area contributed by atoms with Gasteiger partial charge in [-0.25, -0.2) is 4.18 Å². The topological polar surface area (TPSA) is 357 Å². The van der Waals surface area contributed by atoms with Crippen LogP contribution in [0.5, 0.6) is 0 Å². The maximum Gasteiger partial charge on any atom is 0.397 e. The average molecular weight is 1100 g/mol. The monoisotopic (exact) mass is 1100 g/mol. The van der Waals surface area contributed by atoms with E-state index in [-0.39, 0.29) is 47.2 Å². The van der Waals surface area contributed by atoms with Crippen LogP contribution in [0.25, 0.3) is 0 Å². The summed E-state index contributed by atoms with van der Waals surface area (Å²) >= 11 is 0. The van der Waals surface area contributed by atoms with E-state index in [1.807, 2.05) is 13.8 Å². The predicted octanol–water partition coefficient (Wildman–Crippen LogP) is -0.255. The Morgan fingerprint density at radius 1 is 0.653 bits per heavy atom. The summed E-state index contributed by atoms with van der Waals surface area (Å²) in [5.74, 6) is 0.697. The second kappa shape index (κ2) is 23.2. The summed E-state index contributed by atoms with van der Waals surface area (Å²) in [6.07, 6.45) is -26.5. The van der Waals surface area contributed by atoms with Gasteiger partial charge in [0.1, 0.15) is 85.1 Å². The first-order valence-electron chi connectivity index (χ1n) is 26.9. The second-order valence-corrected chi connectivity index (χ2v) is 25.1. The van der Waals surface area contributed by atoms with Crippen LogP contribution >= 0.6 is 0 Å². The molecule has 7 fully saturated rings. The Morgan fingerprint density at radius 3 is 1.80 bits per heavy atom. The lowest BCUT2D eigenvalue weighted by Crippen LogP contribution is -2.67. The Morgan fingerprint density at radius 2 is 1.21 bits per heavy atom. The van der Waals surface area contributed by atoms with E-state index >= 15 is 0 Å². The SMILES string of the molecule is CC(C)CC(=O)C[C@@H](C)[C@H]1CC[C@H]2[C@@H]3C[C@H](O[C@@H]4O[C@H](CO)[C@@H](O[C@@H]5O[C@H](C)[C@@H](O[C@@H]6O[C@H](C)[C@H](O)[C@H](O)[C@H]6O)[C@H](O)[C@H]5O[C@@H]5O[C@H](C)[C@@H](O)[C@H](O)[C@H]5O)[C@H](O)[C@H]4O)[C@H]4C[C@@H](OS(=O)(=O)O)CC[C@]4(C)C3=CC[C@]12C. The van der Waals surface area contributed by atoms with E-state index < -0.39 is 163 Å². The lowest BCUT2D eigenvalue weighted by molar-refractivity contribution is -0.399. The van der Waals surface area contributed by atoms with Gasteiger partial charge in [-0.2, -0.15) is 8.42 Å². The molecule has 0 aromatic heterocycles. The molecule has 24 heteroatoms. The molecule has 0 spiro atoms. The van der Waals surface area contributed by atoms with Crippen molar-refractivity contribution in [1.82, 2.24) is 0 Å². The van der Waals surface area contributed by atoms with Gasteiger partial charge in [0.05, 0.1) is 37.1 Å². The van der Waals surface area contributed by atoms with Crippen LogP contribution in [0.15, 0.2) is 11.6 Å². The van der Waals surface area contributed by atoms with Gasteiger partial charge in [0.25, 0.3) is 0 Å². The van der Waals surface area contributed by atoms with Crippen LogP contribution in [-0.4, -0.2) is 211 Å². The van der Waals surface area contributed by atoms with E-state index in [2.05, 4.69) is 26.8 Å². The molecule has 4 aliphatic carbocycles. The van der Waals surface area contributed by atoms with Crippen LogP contribution < -0.4 is 0 Å². The Hall–Kier alpha value is -1.44. The van der Waals surface area contributed by atoms with E-state index in [0.29, 0.717) is 32.1 Å². The van der Waals surface area contributed by atoms with Crippen molar-refractivity contribution < 1.29 is 111 Å². The second-order valence-electron chi connectivity index (χ2n) is 24.0. The molecular formula is C51H84O23S. The number of carbonyl (C=O) groups is 1. The number of carbonyl (C=O) groups excluding carboxylic acids is 1. The van der Waals surface area contributed by atoms with Gasteiger partial charge in [-0.15, -0.1) is 0 Å². The summed E-state index contributed by atoms with van der Waals surface area (Å²) < 4.78 is 87.9. The Bertz CT molecular complexity index is 2100. The molecule has 29 atom stereocenters. The van der Waals surface area contributed by atoms with Crippen molar-refractivity contribution in [3.05, 3.63) is 11.6 Å². The molecule has 4 heterocycles. The van der Waals surface area contributed by atoms with Gasteiger partial charge in [-0.1, -0.05) is 46.3 Å². The highest BCUT2D eigenvalue weighted by Crippen LogP contribution is 2.67. The number of Topliss-reactive ketones (excluding diaryl/α,β-unsaturated/α-hetero) is 1. The number of hydrogen-bond acceptors (Lipinski definition) is 22. The molecular weight excluding hydrogens is 1010 g/mol. The summed E-state index contributed by atoms with van der Waals surface area (Å²) in [5.41, 5.74) is 0.536. The molecule has 4 saturated heterocycles. The molecule has 11 N–H and O–H groups in total. The summed E-state index contributed by atoms with van der Waals surface area (Å²) in [7, 11) is -4.83. The zero-order valence-corrected chi connectivity index (χ0v) is 44.9. The van der Waals surface area contributed by atoms with Crippen molar-refractivity contribution in [3.8, 4) is 0 Å². The van der Waals surface area contributed by atoms with Crippen LogP contribution in [0, 0.1) is 46.3 Å². The van der Waals surface area contributed by atoms with Gasteiger partial charge in [-0.3, -0.25) is 9.35 Å². The van der Waals surface area contributed by atoms with Crippen LogP contribution in [-0.2, 0) is 57.3 Å². The number of fused-ring (bicyclic) bond motifs is 5. The molecule has 8 rings (SSSR count). The van der Waals surface area contributed by atoms with E-state index in [0.717, 1.165) is 19.3 Å². The quantitative estimate of drug-likeness (QED) is 0.0701. The van der Waals surface area contributed by atoms with E-state index in [1.54, 1.807) is 0 Å². The van der Waals surface area contributed by atoms with Crippen LogP contribution in [0.3, 0.4) is 0 Å². The van der Waals surface area contributed by atoms with E-state index in [1.165, 1.54) is 26.3 Å². The molecule has 0 bridgehead atoms. The van der Waals surface area contributed by atoms with E-state index in [4.69, 9.17) is 42.1 Å². The molecule has 0 amide bonds. The molecule has 4 aliphatic heterocycles. The summed E-state index contributed by atoms with van der Waals surface area (Å²) in [6, 6.07) is 0. The van der Waals surface area contributed by atoms with Crippen LogP contribution in [0.4, 0.5) is 0 Å². The molecule has 0 radical (unpaired) electrons. The van der Waals surface area contributed by atoms with Crippen molar-refractivity contribution >= 4 is 16.2 Å². The summed E-state index contributed by atoms with van der Waals surface area (Å²) in [6.45, 7) is 14.1. The third-order valence-electron chi connectivity index (χ3n) is 18.5. The van der Waals surface area contributed by atoms with Crippen molar-refractivity contribution in [3.63, 3.8) is 0 Å². The molecule has 8 aliphatic rings. The Kier molecular flexibility index (Phi) is 18.5. The largest absolute Gasteiger partial charge is 0.397 e. The number of ether oxygens (including phenoxy) is 8. The lowest BCUT2D eigenvalue weighted by Gasteiger charge is -2.59. The maximum atomic E-state index is 13.1. The zero-order chi connectivity index (χ0) is 55.0. The third kappa shape index (κ3) is 11.9. The fraction of sp³-hybridized carbons (Fsp3) is 0.941. The van der Waals surface area contributed by atoms with Crippen molar-refractivity contribution in [2.24, 2.45) is 46.3 Å². The Balaban J connectivity index is 1.04. The first-order chi connectivity index (χ1) is 35.1.